The normalized spacial score (nSPS) is 28.3. The van der Waals surface area contributed by atoms with Gasteiger partial charge in [-0.2, -0.15) is 0 Å². The van der Waals surface area contributed by atoms with Crippen LogP contribution >= 0.6 is 0 Å². The molecule has 0 heterocycles. The number of anilines is 1. The van der Waals surface area contributed by atoms with Gasteiger partial charge in [0.05, 0.1) is 5.92 Å². The SMILES string of the molecule is CC(C(=O)O)c1ccc(NC(=O)C2C3CCCCC32)cc1. The van der Waals surface area contributed by atoms with Gasteiger partial charge >= 0.3 is 5.97 Å². The Kier molecular flexibility index (Phi) is 3.70. The Morgan fingerprint density at radius 3 is 2.24 bits per heavy atom. The number of benzene rings is 1. The van der Waals surface area contributed by atoms with Crippen LogP contribution < -0.4 is 5.32 Å². The summed E-state index contributed by atoms with van der Waals surface area (Å²) in [6, 6.07) is 7.13. The molecule has 2 aliphatic carbocycles. The van der Waals surface area contributed by atoms with Gasteiger partial charge in [-0.1, -0.05) is 25.0 Å². The van der Waals surface area contributed by atoms with E-state index in [-0.39, 0.29) is 11.8 Å². The average molecular weight is 287 g/mol. The van der Waals surface area contributed by atoms with Gasteiger partial charge < -0.3 is 10.4 Å². The van der Waals surface area contributed by atoms with Crippen LogP contribution in [0.1, 0.15) is 44.1 Å². The van der Waals surface area contributed by atoms with Gasteiger partial charge in [0.2, 0.25) is 5.91 Å². The van der Waals surface area contributed by atoms with E-state index in [1.54, 1.807) is 31.2 Å². The van der Waals surface area contributed by atoms with E-state index in [1.165, 1.54) is 25.7 Å². The van der Waals surface area contributed by atoms with Crippen LogP contribution in [0.5, 0.6) is 0 Å². The summed E-state index contributed by atoms with van der Waals surface area (Å²) >= 11 is 0. The number of amides is 1. The third-order valence-corrected chi connectivity index (χ3v) is 5.01. The fraction of sp³-hybridized carbons (Fsp3) is 0.529. The highest BCUT2D eigenvalue weighted by Crippen LogP contribution is 2.55. The fourth-order valence-corrected chi connectivity index (χ4v) is 3.60. The van der Waals surface area contributed by atoms with E-state index in [4.69, 9.17) is 5.11 Å². The molecule has 112 valence electrons. The van der Waals surface area contributed by atoms with Gasteiger partial charge in [0.1, 0.15) is 0 Å². The first-order valence-corrected chi connectivity index (χ1v) is 7.71. The lowest BCUT2D eigenvalue weighted by Gasteiger charge is -2.09. The topological polar surface area (TPSA) is 66.4 Å². The molecule has 1 aromatic rings. The van der Waals surface area contributed by atoms with Gasteiger partial charge in [-0.05, 0) is 49.3 Å². The summed E-state index contributed by atoms with van der Waals surface area (Å²) in [4.78, 5) is 23.2. The van der Waals surface area contributed by atoms with Crippen molar-refractivity contribution in [3.8, 4) is 0 Å². The minimum Gasteiger partial charge on any atom is -0.481 e. The van der Waals surface area contributed by atoms with Crippen LogP contribution in [0.3, 0.4) is 0 Å². The molecule has 0 spiro atoms. The number of nitrogens with one attached hydrogen (secondary N) is 1. The van der Waals surface area contributed by atoms with Gasteiger partial charge in [-0.3, -0.25) is 9.59 Å². The summed E-state index contributed by atoms with van der Waals surface area (Å²) in [6.45, 7) is 1.66. The summed E-state index contributed by atoms with van der Waals surface area (Å²) in [7, 11) is 0. The first-order chi connectivity index (χ1) is 10.1. The molecule has 0 saturated heterocycles. The molecule has 0 bridgehead atoms. The Morgan fingerprint density at radius 2 is 1.71 bits per heavy atom. The molecule has 21 heavy (non-hydrogen) atoms. The molecule has 2 saturated carbocycles. The quantitative estimate of drug-likeness (QED) is 0.893. The maximum atomic E-state index is 12.3. The third kappa shape index (κ3) is 2.80. The lowest BCUT2D eigenvalue weighted by molar-refractivity contribution is -0.138. The zero-order valence-corrected chi connectivity index (χ0v) is 12.2. The van der Waals surface area contributed by atoms with Crippen molar-refractivity contribution in [3.63, 3.8) is 0 Å². The maximum absolute atomic E-state index is 12.3. The van der Waals surface area contributed by atoms with E-state index >= 15 is 0 Å². The van der Waals surface area contributed by atoms with Crippen molar-refractivity contribution in [1.29, 1.82) is 0 Å². The largest absolute Gasteiger partial charge is 0.481 e. The van der Waals surface area contributed by atoms with Crippen LogP contribution in [0.4, 0.5) is 5.69 Å². The summed E-state index contributed by atoms with van der Waals surface area (Å²) in [5, 5.41) is 11.9. The van der Waals surface area contributed by atoms with E-state index in [0.29, 0.717) is 11.8 Å². The number of hydrogen-bond acceptors (Lipinski definition) is 2. The standard InChI is InChI=1S/C17H21NO3/c1-10(17(20)21)11-6-8-12(9-7-11)18-16(19)15-13-4-2-3-5-14(13)15/h6-10,13-15H,2-5H2,1H3,(H,18,19)(H,20,21). The molecule has 2 N–H and O–H groups in total. The minimum atomic E-state index is -0.839. The second-order valence-electron chi connectivity index (χ2n) is 6.31. The number of rotatable bonds is 4. The molecule has 2 aliphatic rings. The van der Waals surface area contributed by atoms with Gasteiger partial charge in [-0.15, -0.1) is 0 Å². The Labute approximate surface area is 124 Å². The molecular formula is C17H21NO3. The number of carbonyl (C=O) groups excluding carboxylic acids is 1. The van der Waals surface area contributed by atoms with Crippen LogP contribution in [-0.2, 0) is 9.59 Å². The second kappa shape index (κ2) is 5.51. The van der Waals surface area contributed by atoms with Gasteiger partial charge in [0.25, 0.3) is 0 Å². The number of carboxylic acid groups (broad SMARTS) is 1. The smallest absolute Gasteiger partial charge is 0.310 e. The zero-order valence-electron chi connectivity index (χ0n) is 12.2. The third-order valence-electron chi connectivity index (χ3n) is 5.01. The summed E-state index contributed by atoms with van der Waals surface area (Å²) < 4.78 is 0. The summed E-state index contributed by atoms with van der Waals surface area (Å²) in [5.41, 5.74) is 1.51. The van der Waals surface area contributed by atoms with Crippen molar-refractivity contribution in [2.75, 3.05) is 5.32 Å². The van der Waals surface area contributed by atoms with Crippen LogP contribution in [0, 0.1) is 17.8 Å². The van der Waals surface area contributed by atoms with Crippen LogP contribution in [0.25, 0.3) is 0 Å². The van der Waals surface area contributed by atoms with E-state index in [2.05, 4.69) is 5.32 Å². The van der Waals surface area contributed by atoms with Crippen LogP contribution in [0.2, 0.25) is 0 Å². The predicted molar refractivity (Wildman–Crippen MR) is 80.1 cm³/mol. The Balaban J connectivity index is 1.60. The Hall–Kier alpha value is -1.84. The molecule has 4 nitrogen and oxygen atoms in total. The van der Waals surface area contributed by atoms with E-state index in [9.17, 15) is 9.59 Å². The highest BCUT2D eigenvalue weighted by atomic mass is 16.4. The molecule has 1 aromatic carbocycles. The van der Waals surface area contributed by atoms with Gasteiger partial charge in [0.15, 0.2) is 0 Å². The van der Waals surface area contributed by atoms with Crippen LogP contribution in [-0.4, -0.2) is 17.0 Å². The number of carbonyl (C=O) groups is 2. The van der Waals surface area contributed by atoms with Crippen molar-refractivity contribution in [2.24, 2.45) is 17.8 Å². The summed E-state index contributed by atoms with van der Waals surface area (Å²) in [6.07, 6.45) is 4.90. The number of hydrogen-bond donors (Lipinski definition) is 2. The predicted octanol–water partition coefficient (Wildman–Crippen LogP) is 3.25. The van der Waals surface area contributed by atoms with Crippen molar-refractivity contribution >= 4 is 17.6 Å². The molecule has 3 unspecified atom stereocenters. The van der Waals surface area contributed by atoms with Crippen molar-refractivity contribution < 1.29 is 14.7 Å². The molecule has 0 radical (unpaired) electrons. The first kappa shape index (κ1) is 14.1. The lowest BCUT2D eigenvalue weighted by atomic mass is 10.0. The van der Waals surface area contributed by atoms with Crippen molar-refractivity contribution in [2.45, 2.75) is 38.5 Å². The van der Waals surface area contributed by atoms with Crippen molar-refractivity contribution in [3.05, 3.63) is 29.8 Å². The zero-order chi connectivity index (χ0) is 15.0. The van der Waals surface area contributed by atoms with E-state index in [1.807, 2.05) is 0 Å². The molecule has 2 fully saturated rings. The molecule has 0 aromatic heterocycles. The molecule has 3 rings (SSSR count). The Morgan fingerprint density at radius 1 is 1.14 bits per heavy atom. The lowest BCUT2D eigenvalue weighted by Crippen LogP contribution is -2.15. The van der Waals surface area contributed by atoms with Crippen LogP contribution in [0.15, 0.2) is 24.3 Å². The average Bonchev–Trinajstić information content (AvgIpc) is 3.21. The summed E-state index contributed by atoms with van der Waals surface area (Å²) in [5.74, 6) is 0.168. The number of aliphatic carboxylic acids is 1. The monoisotopic (exact) mass is 287 g/mol. The number of fused-ring (bicyclic) bond motifs is 1. The molecular weight excluding hydrogens is 266 g/mol. The van der Waals surface area contributed by atoms with E-state index < -0.39 is 11.9 Å². The van der Waals surface area contributed by atoms with Gasteiger partial charge in [-0.25, -0.2) is 0 Å². The second-order valence-corrected chi connectivity index (χ2v) is 6.31. The fourth-order valence-electron chi connectivity index (χ4n) is 3.60. The molecule has 4 heteroatoms. The molecule has 3 atom stereocenters. The number of carboxylic acids is 1. The molecule has 0 aliphatic heterocycles. The van der Waals surface area contributed by atoms with Crippen molar-refractivity contribution in [1.82, 2.24) is 0 Å². The maximum Gasteiger partial charge on any atom is 0.310 e. The molecule has 1 amide bonds. The first-order valence-electron chi connectivity index (χ1n) is 7.71. The van der Waals surface area contributed by atoms with E-state index in [0.717, 1.165) is 11.3 Å². The minimum absolute atomic E-state index is 0.130. The highest BCUT2D eigenvalue weighted by Gasteiger charge is 2.54. The highest BCUT2D eigenvalue weighted by molar-refractivity contribution is 5.95. The van der Waals surface area contributed by atoms with Gasteiger partial charge in [0, 0.05) is 11.6 Å². The Bertz CT molecular complexity index is 540.